The van der Waals surface area contributed by atoms with Gasteiger partial charge in [-0.15, -0.1) is 0 Å². The van der Waals surface area contributed by atoms with Gasteiger partial charge < -0.3 is 10.2 Å². The van der Waals surface area contributed by atoms with E-state index in [0.29, 0.717) is 24.5 Å². The third-order valence-electron chi connectivity index (χ3n) is 6.44. The van der Waals surface area contributed by atoms with E-state index < -0.39 is 0 Å². The van der Waals surface area contributed by atoms with Crippen molar-refractivity contribution in [3.63, 3.8) is 0 Å². The van der Waals surface area contributed by atoms with Crippen LogP contribution in [0.15, 0.2) is 12.3 Å². The molecule has 2 aromatic rings. The van der Waals surface area contributed by atoms with Crippen molar-refractivity contribution in [2.45, 2.75) is 63.6 Å². The van der Waals surface area contributed by atoms with E-state index in [1.165, 1.54) is 37.2 Å². The lowest BCUT2D eigenvalue weighted by Crippen LogP contribution is -2.79. The first-order valence-electron chi connectivity index (χ1n) is 10.0. The second-order valence-electron chi connectivity index (χ2n) is 8.45. The minimum Gasteiger partial charge on any atom is -0.352 e. The summed E-state index contributed by atoms with van der Waals surface area (Å²) in [6, 6.07) is 5.84. The summed E-state index contributed by atoms with van der Waals surface area (Å²) < 4.78 is 4.29. The molecule has 1 N–H and O–H groups in total. The van der Waals surface area contributed by atoms with Gasteiger partial charge in [-0.2, -0.15) is 14.6 Å². The minimum atomic E-state index is 0.00250. The lowest BCUT2D eigenvalue weighted by atomic mass is 9.71. The number of nitrogens with zero attached hydrogens (tertiary/aromatic N) is 6. The highest BCUT2D eigenvalue weighted by Gasteiger charge is 2.57. The van der Waals surface area contributed by atoms with Gasteiger partial charge in [-0.3, -0.25) is 4.90 Å². The summed E-state index contributed by atoms with van der Waals surface area (Å²) in [6.07, 6.45) is 7.72. The molecule has 3 saturated heterocycles. The minimum absolute atomic E-state index is 0.00250. The van der Waals surface area contributed by atoms with Gasteiger partial charge >= 0.3 is 0 Å². The van der Waals surface area contributed by atoms with Crippen LogP contribution in [0.25, 0.3) is 0 Å². The summed E-state index contributed by atoms with van der Waals surface area (Å²) in [7, 11) is 0. The summed E-state index contributed by atoms with van der Waals surface area (Å²) in [5, 5.41) is 13.7. The van der Waals surface area contributed by atoms with E-state index in [-0.39, 0.29) is 5.54 Å². The van der Waals surface area contributed by atoms with E-state index in [0.717, 1.165) is 35.2 Å². The fourth-order valence-corrected chi connectivity index (χ4v) is 5.91. The Bertz CT molecular complexity index is 913. The van der Waals surface area contributed by atoms with Crippen LogP contribution >= 0.6 is 11.5 Å². The normalized spacial score (nSPS) is 25.5. The van der Waals surface area contributed by atoms with E-state index in [1.807, 2.05) is 19.2 Å². The zero-order valence-corrected chi connectivity index (χ0v) is 17.2. The molecule has 2 unspecified atom stereocenters. The zero-order chi connectivity index (χ0) is 19.3. The molecule has 8 heteroatoms. The molecule has 0 aromatic carbocycles. The topological polar surface area (TPSA) is 81.0 Å². The van der Waals surface area contributed by atoms with Crippen LogP contribution in [0.3, 0.4) is 0 Å². The maximum atomic E-state index is 9.48. The summed E-state index contributed by atoms with van der Waals surface area (Å²) in [5.74, 6) is 1.57. The van der Waals surface area contributed by atoms with Gasteiger partial charge in [0.1, 0.15) is 10.8 Å². The molecule has 0 saturated carbocycles. The number of hydrogen-bond acceptors (Lipinski definition) is 8. The first-order valence-corrected chi connectivity index (χ1v) is 10.8. The van der Waals surface area contributed by atoms with Gasteiger partial charge in [0.2, 0.25) is 5.95 Å². The number of anilines is 3. The van der Waals surface area contributed by atoms with Gasteiger partial charge in [-0.25, -0.2) is 4.98 Å². The van der Waals surface area contributed by atoms with Crippen molar-refractivity contribution in [2.75, 3.05) is 23.3 Å². The Morgan fingerprint density at radius 3 is 2.75 bits per heavy atom. The van der Waals surface area contributed by atoms with Gasteiger partial charge in [-0.05, 0) is 50.7 Å². The van der Waals surface area contributed by atoms with Crippen molar-refractivity contribution < 1.29 is 0 Å². The smallest absolute Gasteiger partial charge is 0.229 e. The van der Waals surface area contributed by atoms with E-state index in [2.05, 4.69) is 37.5 Å². The van der Waals surface area contributed by atoms with Gasteiger partial charge in [0.25, 0.3) is 0 Å². The Balaban J connectivity index is 1.34. The highest BCUT2D eigenvalue weighted by atomic mass is 32.1. The number of rotatable bonds is 5. The maximum Gasteiger partial charge on any atom is 0.229 e. The molecule has 2 atom stereocenters. The van der Waals surface area contributed by atoms with Crippen molar-refractivity contribution >= 4 is 28.3 Å². The number of aryl methyl sites for hydroxylation is 2. The van der Waals surface area contributed by atoms with Crippen molar-refractivity contribution in [3.05, 3.63) is 23.5 Å². The number of aromatic nitrogens is 3. The van der Waals surface area contributed by atoms with E-state index in [4.69, 9.17) is 4.98 Å². The predicted molar refractivity (Wildman–Crippen MR) is 110 cm³/mol. The highest BCUT2D eigenvalue weighted by molar-refractivity contribution is 7.10. The van der Waals surface area contributed by atoms with Gasteiger partial charge in [0.15, 0.2) is 0 Å². The fourth-order valence-electron chi connectivity index (χ4n) is 5.25. The number of fused-ring (bicyclic) bond motifs is 2. The van der Waals surface area contributed by atoms with Crippen molar-refractivity contribution in [3.8, 4) is 6.07 Å². The van der Waals surface area contributed by atoms with Crippen molar-refractivity contribution in [2.24, 2.45) is 0 Å². The van der Waals surface area contributed by atoms with Crippen LogP contribution in [0, 0.1) is 25.2 Å². The molecule has 3 fully saturated rings. The Morgan fingerprint density at radius 1 is 1.32 bits per heavy atom. The van der Waals surface area contributed by atoms with Crippen LogP contribution in [0.4, 0.5) is 16.8 Å². The average Bonchev–Trinajstić information content (AvgIpc) is 3.06. The van der Waals surface area contributed by atoms with Crippen LogP contribution in [-0.2, 0) is 0 Å². The Kier molecular flexibility index (Phi) is 4.25. The highest BCUT2D eigenvalue weighted by Crippen LogP contribution is 2.48. The molecule has 7 nitrogen and oxygen atoms in total. The van der Waals surface area contributed by atoms with E-state index in [1.54, 1.807) is 0 Å². The van der Waals surface area contributed by atoms with Crippen LogP contribution < -0.4 is 10.2 Å². The number of piperidine rings is 1. The molecule has 146 valence electrons. The second-order valence-corrected chi connectivity index (χ2v) is 9.26. The van der Waals surface area contributed by atoms with Crippen molar-refractivity contribution in [1.82, 2.24) is 19.2 Å². The van der Waals surface area contributed by atoms with Gasteiger partial charge in [-0.1, -0.05) is 6.42 Å². The molecular weight excluding hydrogens is 370 g/mol. The monoisotopic (exact) mass is 395 g/mol. The molecule has 2 bridgehead atoms. The number of hydrogen-bond donors (Lipinski definition) is 1. The first-order chi connectivity index (χ1) is 13.6. The molecule has 2 aromatic heterocycles. The Morgan fingerprint density at radius 2 is 2.11 bits per heavy atom. The van der Waals surface area contributed by atoms with Crippen LogP contribution in [-0.4, -0.2) is 50.0 Å². The molecule has 3 aliphatic rings. The number of nitriles is 1. The molecule has 0 amide bonds. The van der Waals surface area contributed by atoms with Crippen LogP contribution in [0.1, 0.15) is 43.4 Å². The molecule has 0 radical (unpaired) electrons. The zero-order valence-electron chi connectivity index (χ0n) is 16.4. The number of nitrogens with one attached hydrogen (secondary N) is 1. The van der Waals surface area contributed by atoms with Crippen LogP contribution in [0.2, 0.25) is 0 Å². The predicted octanol–water partition coefficient (Wildman–Crippen LogP) is 3.39. The quantitative estimate of drug-likeness (QED) is 0.831. The summed E-state index contributed by atoms with van der Waals surface area (Å²) in [5.41, 5.74) is 2.06. The van der Waals surface area contributed by atoms with E-state index in [9.17, 15) is 5.26 Å². The molecule has 5 rings (SSSR count). The summed E-state index contributed by atoms with van der Waals surface area (Å²) in [6.45, 7) is 5.79. The Labute approximate surface area is 169 Å². The SMILES string of the molecule is Cc1cc(Nc2ncc(C)c(N3CC(CC#N)(N4C5CCCC4C5)C3)n2)sn1. The molecule has 5 heterocycles. The average molecular weight is 396 g/mol. The standard InChI is InChI=1S/C20H25N7S/c1-13-10-22-19(23-17-8-14(2)25-28-17)24-18(13)26-11-20(12-26,6-7-21)27-15-4-3-5-16(27)9-15/h8,10,15-16H,3-6,9,11-12H2,1-2H3,(H,22,23,24). The third kappa shape index (κ3) is 2.85. The van der Waals surface area contributed by atoms with Crippen molar-refractivity contribution in [1.29, 1.82) is 5.26 Å². The molecule has 0 spiro atoms. The van der Waals surface area contributed by atoms with Gasteiger partial charge in [0.05, 0.1) is 23.7 Å². The van der Waals surface area contributed by atoms with Gasteiger partial charge in [0, 0.05) is 36.9 Å². The lowest BCUT2D eigenvalue weighted by molar-refractivity contribution is -0.120. The summed E-state index contributed by atoms with van der Waals surface area (Å²) >= 11 is 1.42. The second kappa shape index (κ2) is 6.68. The molecule has 28 heavy (non-hydrogen) atoms. The largest absolute Gasteiger partial charge is 0.352 e. The third-order valence-corrected chi connectivity index (χ3v) is 7.24. The fraction of sp³-hybridized carbons (Fsp3) is 0.600. The summed E-state index contributed by atoms with van der Waals surface area (Å²) in [4.78, 5) is 14.2. The molecular formula is C20H25N7S. The Hall–Kier alpha value is -2.24. The first kappa shape index (κ1) is 17.8. The van der Waals surface area contributed by atoms with E-state index >= 15 is 0 Å². The molecule has 0 aliphatic carbocycles. The lowest BCUT2D eigenvalue weighted by Gasteiger charge is -2.66. The molecule has 3 aliphatic heterocycles. The van der Waals surface area contributed by atoms with Crippen LogP contribution in [0.5, 0.6) is 0 Å². The maximum absolute atomic E-state index is 9.48.